The van der Waals surface area contributed by atoms with Crippen molar-refractivity contribution in [1.82, 2.24) is 9.88 Å². The lowest BCUT2D eigenvalue weighted by Gasteiger charge is -2.15. The summed E-state index contributed by atoms with van der Waals surface area (Å²) < 4.78 is 20.2. The number of aromatic nitrogens is 1. The normalized spacial score (nSPS) is 13.0. The average molecular weight is 448 g/mol. The number of para-hydroxylation sites is 1. The molecular formula is C25H19ClFN3O2. The Morgan fingerprint density at radius 2 is 1.91 bits per heavy atom. The van der Waals surface area contributed by atoms with Crippen LogP contribution in [0.1, 0.15) is 21.6 Å². The second-order valence-corrected chi connectivity index (χ2v) is 8.09. The number of rotatable bonds is 4. The molecule has 0 saturated heterocycles. The van der Waals surface area contributed by atoms with Crippen LogP contribution in [0, 0.1) is 5.82 Å². The molecule has 160 valence electrons. The molecule has 2 heterocycles. The van der Waals surface area contributed by atoms with Gasteiger partial charge in [0.1, 0.15) is 11.6 Å². The lowest BCUT2D eigenvalue weighted by atomic mass is 9.98. The van der Waals surface area contributed by atoms with Crippen LogP contribution in [-0.4, -0.2) is 22.9 Å². The van der Waals surface area contributed by atoms with Gasteiger partial charge in [-0.2, -0.15) is 0 Å². The van der Waals surface area contributed by atoms with Crippen LogP contribution in [0.4, 0.5) is 10.1 Å². The van der Waals surface area contributed by atoms with Crippen molar-refractivity contribution in [2.75, 3.05) is 12.8 Å². The fourth-order valence-corrected chi connectivity index (χ4v) is 4.46. The molecule has 2 N–H and O–H groups in total. The minimum atomic E-state index is -0.420. The minimum Gasteiger partial charge on any atom is -0.496 e. The second-order valence-electron chi connectivity index (χ2n) is 7.66. The van der Waals surface area contributed by atoms with Gasteiger partial charge in [-0.25, -0.2) is 9.37 Å². The largest absolute Gasteiger partial charge is 0.496 e. The van der Waals surface area contributed by atoms with Crippen LogP contribution in [0.15, 0.2) is 60.7 Å². The number of amides is 1. The Kier molecular flexibility index (Phi) is 4.94. The number of hydrogen-bond acceptors (Lipinski definition) is 4. The van der Waals surface area contributed by atoms with Crippen LogP contribution in [0.5, 0.6) is 5.75 Å². The number of ether oxygens (including phenoxy) is 1. The number of pyridine rings is 1. The maximum atomic E-state index is 14.8. The number of fused-ring (bicyclic) bond motifs is 2. The van der Waals surface area contributed by atoms with Crippen molar-refractivity contribution < 1.29 is 13.9 Å². The molecule has 0 bridgehead atoms. The molecule has 0 atom stereocenters. The number of carbonyl (C=O) groups excluding carboxylic acids is 1. The molecule has 5 nitrogen and oxygen atoms in total. The van der Waals surface area contributed by atoms with Crippen molar-refractivity contribution in [2.45, 2.75) is 13.1 Å². The van der Waals surface area contributed by atoms with E-state index in [0.29, 0.717) is 62.8 Å². The first kappa shape index (κ1) is 20.3. The molecule has 5 rings (SSSR count). The van der Waals surface area contributed by atoms with Crippen LogP contribution in [0.3, 0.4) is 0 Å². The number of anilines is 1. The zero-order valence-electron chi connectivity index (χ0n) is 17.2. The Labute approximate surface area is 189 Å². The first-order valence-corrected chi connectivity index (χ1v) is 10.4. The number of nitrogen functional groups attached to an aromatic ring is 1. The monoisotopic (exact) mass is 447 g/mol. The Hall–Kier alpha value is -3.64. The second kappa shape index (κ2) is 7.80. The van der Waals surface area contributed by atoms with E-state index in [0.717, 1.165) is 5.56 Å². The summed E-state index contributed by atoms with van der Waals surface area (Å²) in [6.45, 7) is 0.698. The number of nitrogens with zero attached hydrogens (tertiary/aromatic N) is 2. The molecular weight excluding hydrogens is 429 g/mol. The summed E-state index contributed by atoms with van der Waals surface area (Å²) >= 11 is 6.09. The van der Waals surface area contributed by atoms with Crippen LogP contribution >= 0.6 is 11.6 Å². The van der Waals surface area contributed by atoms with Gasteiger partial charge in [-0.15, -0.1) is 0 Å². The molecule has 0 aliphatic carbocycles. The topological polar surface area (TPSA) is 68.5 Å². The van der Waals surface area contributed by atoms with Crippen molar-refractivity contribution in [1.29, 1.82) is 0 Å². The third-order valence-electron chi connectivity index (χ3n) is 5.70. The Morgan fingerprint density at radius 3 is 2.69 bits per heavy atom. The van der Waals surface area contributed by atoms with Crippen LogP contribution in [0.2, 0.25) is 5.02 Å². The van der Waals surface area contributed by atoms with Gasteiger partial charge >= 0.3 is 0 Å². The van der Waals surface area contributed by atoms with Gasteiger partial charge in [-0.1, -0.05) is 48.0 Å². The lowest BCUT2D eigenvalue weighted by molar-refractivity contribution is 0.0767. The highest BCUT2D eigenvalue weighted by molar-refractivity contribution is 6.30. The van der Waals surface area contributed by atoms with E-state index in [2.05, 4.69) is 0 Å². The van der Waals surface area contributed by atoms with E-state index in [9.17, 15) is 9.18 Å². The fourth-order valence-electron chi connectivity index (χ4n) is 4.25. The van der Waals surface area contributed by atoms with Crippen LogP contribution in [0.25, 0.3) is 22.0 Å². The summed E-state index contributed by atoms with van der Waals surface area (Å²) in [4.78, 5) is 19.6. The number of methoxy groups -OCH3 is 1. The van der Waals surface area contributed by atoms with Gasteiger partial charge in [0, 0.05) is 22.5 Å². The van der Waals surface area contributed by atoms with Crippen LogP contribution in [-0.2, 0) is 13.1 Å². The quantitative estimate of drug-likeness (QED) is 0.452. The molecule has 1 aliphatic heterocycles. The Morgan fingerprint density at radius 1 is 1.12 bits per heavy atom. The van der Waals surface area contributed by atoms with Gasteiger partial charge in [0.25, 0.3) is 5.91 Å². The maximum absolute atomic E-state index is 14.8. The average Bonchev–Trinajstić information content (AvgIpc) is 3.09. The van der Waals surface area contributed by atoms with Crippen molar-refractivity contribution in [3.63, 3.8) is 0 Å². The predicted octanol–water partition coefficient (Wildman–Crippen LogP) is 5.44. The number of benzene rings is 3. The molecule has 0 fully saturated rings. The molecule has 0 spiro atoms. The van der Waals surface area contributed by atoms with Crippen molar-refractivity contribution in [3.05, 3.63) is 88.3 Å². The smallest absolute Gasteiger partial charge is 0.258 e. The number of hydrogen-bond donors (Lipinski definition) is 1. The third-order valence-corrected chi connectivity index (χ3v) is 5.93. The van der Waals surface area contributed by atoms with Crippen LogP contribution < -0.4 is 10.5 Å². The molecule has 1 aliphatic rings. The van der Waals surface area contributed by atoms with E-state index in [1.165, 1.54) is 13.2 Å². The van der Waals surface area contributed by atoms with Crippen molar-refractivity contribution in [2.24, 2.45) is 0 Å². The molecule has 0 saturated carbocycles. The summed E-state index contributed by atoms with van der Waals surface area (Å²) in [5, 5.41) is 1.21. The number of nitrogens with two attached hydrogens (primary N) is 1. The summed E-state index contributed by atoms with van der Waals surface area (Å²) in [6.07, 6.45) is 0. The Balaban J connectivity index is 1.63. The molecule has 7 heteroatoms. The molecule has 0 unspecified atom stereocenters. The summed E-state index contributed by atoms with van der Waals surface area (Å²) in [5.74, 6) is -0.200. The van der Waals surface area contributed by atoms with Gasteiger partial charge in [0.15, 0.2) is 0 Å². The van der Waals surface area contributed by atoms with E-state index >= 15 is 0 Å². The number of carbonyl (C=O) groups is 1. The maximum Gasteiger partial charge on any atom is 0.258 e. The molecule has 0 radical (unpaired) electrons. The first-order chi connectivity index (χ1) is 15.5. The fraction of sp³-hybridized carbons (Fsp3) is 0.120. The first-order valence-electron chi connectivity index (χ1n) is 10.1. The van der Waals surface area contributed by atoms with Gasteiger partial charge < -0.3 is 15.4 Å². The highest BCUT2D eigenvalue weighted by Crippen LogP contribution is 2.40. The van der Waals surface area contributed by atoms with E-state index in [4.69, 9.17) is 27.1 Å². The Bertz CT molecular complexity index is 1390. The minimum absolute atomic E-state index is 0.180. The van der Waals surface area contributed by atoms with Crippen molar-refractivity contribution in [3.8, 4) is 16.9 Å². The molecule has 3 aromatic carbocycles. The molecule has 4 aromatic rings. The van der Waals surface area contributed by atoms with E-state index in [1.54, 1.807) is 41.3 Å². The highest BCUT2D eigenvalue weighted by atomic mass is 35.5. The third kappa shape index (κ3) is 3.24. The predicted molar refractivity (Wildman–Crippen MR) is 123 cm³/mol. The van der Waals surface area contributed by atoms with Gasteiger partial charge in [0.05, 0.1) is 41.7 Å². The standard InChI is InChI=1S/C25H19ClFN3O2/c1-32-20-10-4-9-18(27)21(20)16-7-3-8-17-23(28)22-19(29-24(16)17)13-30(25(22)31)12-14-5-2-6-15(26)11-14/h2-11H,12-13H2,1H3,(H2,28,29). The number of halogens is 2. The summed E-state index contributed by atoms with van der Waals surface area (Å²) in [6, 6.07) is 17.4. The summed E-state index contributed by atoms with van der Waals surface area (Å²) in [5.41, 5.74) is 10.1. The molecule has 1 amide bonds. The van der Waals surface area contributed by atoms with Gasteiger partial charge in [-0.3, -0.25) is 4.79 Å². The lowest BCUT2D eigenvalue weighted by Crippen LogP contribution is -2.23. The van der Waals surface area contributed by atoms with Crippen molar-refractivity contribution >= 4 is 34.1 Å². The zero-order chi connectivity index (χ0) is 22.4. The van der Waals surface area contributed by atoms with E-state index < -0.39 is 5.82 Å². The highest BCUT2D eigenvalue weighted by Gasteiger charge is 2.32. The zero-order valence-corrected chi connectivity index (χ0v) is 18.0. The molecule has 32 heavy (non-hydrogen) atoms. The van der Waals surface area contributed by atoms with E-state index in [1.807, 2.05) is 18.2 Å². The SMILES string of the molecule is COc1cccc(F)c1-c1cccc2c(N)c3c(nc12)CN(Cc1cccc(Cl)c1)C3=O. The molecule has 1 aromatic heterocycles. The van der Waals surface area contributed by atoms with E-state index in [-0.39, 0.29) is 5.91 Å². The summed E-state index contributed by atoms with van der Waals surface area (Å²) in [7, 11) is 1.50. The van der Waals surface area contributed by atoms with Gasteiger partial charge in [-0.05, 0) is 29.8 Å². The van der Waals surface area contributed by atoms with Gasteiger partial charge in [0.2, 0.25) is 0 Å².